The second-order valence-electron chi connectivity index (χ2n) is 7.77. The second kappa shape index (κ2) is 10.1. The molecule has 2 aromatic rings. The molecule has 0 unspecified atom stereocenters. The molecule has 0 fully saturated rings. The van der Waals surface area contributed by atoms with Gasteiger partial charge in [-0.05, 0) is 87.6 Å². The third-order valence-corrected chi connectivity index (χ3v) is 6.80. The molecule has 2 rings (SSSR count). The van der Waals surface area contributed by atoms with E-state index < -0.39 is 10.0 Å². The van der Waals surface area contributed by atoms with Crippen LogP contribution in [0, 0.1) is 20.8 Å². The maximum atomic E-state index is 12.3. The molecular formula is C23H32N2O4S. The first kappa shape index (κ1) is 23.9. The average molecular weight is 433 g/mol. The molecule has 0 aliphatic carbocycles. The van der Waals surface area contributed by atoms with Crippen LogP contribution in [0.15, 0.2) is 41.3 Å². The van der Waals surface area contributed by atoms with Crippen LogP contribution in [0.1, 0.15) is 55.5 Å². The smallest absolute Gasteiger partial charge is 0.258 e. The molecule has 2 aromatic carbocycles. The van der Waals surface area contributed by atoms with Crippen LogP contribution in [0.2, 0.25) is 0 Å². The van der Waals surface area contributed by atoms with Gasteiger partial charge in [0.2, 0.25) is 10.0 Å². The molecule has 0 aliphatic heterocycles. The average Bonchev–Trinajstić information content (AvgIpc) is 2.69. The first-order chi connectivity index (χ1) is 14.0. The predicted octanol–water partition coefficient (Wildman–Crippen LogP) is 3.94. The number of sulfonamides is 1. The molecule has 0 saturated heterocycles. The first-order valence-corrected chi connectivity index (χ1v) is 11.6. The molecule has 2 atom stereocenters. The van der Waals surface area contributed by atoms with E-state index in [0.29, 0.717) is 12.2 Å². The summed E-state index contributed by atoms with van der Waals surface area (Å²) >= 11 is 0. The third-order valence-electron chi connectivity index (χ3n) is 5.20. The highest BCUT2D eigenvalue weighted by molar-refractivity contribution is 7.89. The van der Waals surface area contributed by atoms with E-state index in [1.807, 2.05) is 27.7 Å². The lowest BCUT2D eigenvalue weighted by atomic mass is 9.96. The standard InChI is InChI=1S/C23H32N2O4S/c1-7-18(5)25-30(27,28)21-10-8-20(9-11-21)29-14-23(26)24-19(6)22-13-16(3)15(2)12-17(22)4/h8-13,18-19,25H,7,14H2,1-6H3,(H,24,26)/t18-,19+/m0/s1. The van der Waals surface area contributed by atoms with E-state index >= 15 is 0 Å². The van der Waals surface area contributed by atoms with E-state index in [1.54, 1.807) is 12.1 Å². The molecule has 0 heterocycles. The van der Waals surface area contributed by atoms with E-state index in [2.05, 4.69) is 36.0 Å². The molecule has 30 heavy (non-hydrogen) atoms. The normalized spacial score (nSPS) is 13.5. The minimum absolute atomic E-state index is 0.139. The molecule has 0 bridgehead atoms. The molecule has 6 nitrogen and oxygen atoms in total. The van der Waals surface area contributed by atoms with Crippen LogP contribution in [0.3, 0.4) is 0 Å². The van der Waals surface area contributed by atoms with Gasteiger partial charge in [0, 0.05) is 6.04 Å². The van der Waals surface area contributed by atoms with E-state index in [0.717, 1.165) is 11.1 Å². The van der Waals surface area contributed by atoms with Crippen molar-refractivity contribution in [1.29, 1.82) is 0 Å². The Bertz CT molecular complexity index is 985. The number of hydrogen-bond donors (Lipinski definition) is 2. The number of rotatable bonds is 9. The Morgan fingerprint density at radius 1 is 1.00 bits per heavy atom. The summed E-state index contributed by atoms with van der Waals surface area (Å²) in [7, 11) is -3.56. The van der Waals surface area contributed by atoms with Crippen molar-refractivity contribution in [3.05, 3.63) is 58.7 Å². The van der Waals surface area contributed by atoms with Gasteiger partial charge in [0.1, 0.15) is 5.75 Å². The number of ether oxygens (including phenoxy) is 1. The molecule has 0 aliphatic rings. The lowest BCUT2D eigenvalue weighted by Crippen LogP contribution is -2.32. The SMILES string of the molecule is CC[C@H](C)NS(=O)(=O)c1ccc(OCC(=O)N[C@H](C)c2cc(C)c(C)cc2C)cc1. The van der Waals surface area contributed by atoms with E-state index in [1.165, 1.54) is 23.3 Å². The van der Waals surface area contributed by atoms with Gasteiger partial charge in [0.25, 0.3) is 5.91 Å². The number of aryl methyl sites for hydroxylation is 3. The number of nitrogens with one attached hydrogen (secondary N) is 2. The van der Waals surface area contributed by atoms with Crippen LogP contribution in [0.25, 0.3) is 0 Å². The zero-order valence-corrected chi connectivity index (χ0v) is 19.4. The van der Waals surface area contributed by atoms with Crippen LogP contribution < -0.4 is 14.8 Å². The maximum Gasteiger partial charge on any atom is 0.258 e. The summed E-state index contributed by atoms with van der Waals surface area (Å²) in [6, 6.07) is 9.98. The Morgan fingerprint density at radius 3 is 2.20 bits per heavy atom. The number of carbonyl (C=O) groups is 1. The zero-order valence-electron chi connectivity index (χ0n) is 18.6. The number of hydrogen-bond acceptors (Lipinski definition) is 4. The molecular weight excluding hydrogens is 400 g/mol. The highest BCUT2D eigenvalue weighted by Gasteiger charge is 2.17. The van der Waals surface area contributed by atoms with Crippen molar-refractivity contribution < 1.29 is 17.9 Å². The van der Waals surface area contributed by atoms with Crippen molar-refractivity contribution >= 4 is 15.9 Å². The fourth-order valence-electron chi connectivity index (χ4n) is 3.09. The Hall–Kier alpha value is -2.38. The molecule has 0 radical (unpaired) electrons. The largest absolute Gasteiger partial charge is 0.484 e. The molecule has 0 saturated carbocycles. The first-order valence-electron chi connectivity index (χ1n) is 10.2. The van der Waals surface area contributed by atoms with Gasteiger partial charge in [-0.25, -0.2) is 13.1 Å². The Balaban J connectivity index is 1.94. The molecule has 0 spiro atoms. The van der Waals surface area contributed by atoms with Gasteiger partial charge in [-0.3, -0.25) is 4.79 Å². The molecule has 164 valence electrons. The number of amides is 1. The van der Waals surface area contributed by atoms with Gasteiger partial charge in [0.05, 0.1) is 10.9 Å². The Kier molecular flexibility index (Phi) is 8.03. The maximum absolute atomic E-state index is 12.3. The van der Waals surface area contributed by atoms with E-state index in [4.69, 9.17) is 4.74 Å². The van der Waals surface area contributed by atoms with Crippen LogP contribution in [-0.2, 0) is 14.8 Å². The highest BCUT2D eigenvalue weighted by Crippen LogP contribution is 2.22. The van der Waals surface area contributed by atoms with Crippen LogP contribution in [0.4, 0.5) is 0 Å². The minimum Gasteiger partial charge on any atom is -0.484 e. The lowest BCUT2D eigenvalue weighted by Gasteiger charge is -2.18. The van der Waals surface area contributed by atoms with E-state index in [-0.39, 0.29) is 29.5 Å². The second-order valence-corrected chi connectivity index (χ2v) is 9.49. The summed E-state index contributed by atoms with van der Waals surface area (Å²) in [5.41, 5.74) is 4.62. The topological polar surface area (TPSA) is 84.5 Å². The number of benzene rings is 2. The van der Waals surface area contributed by atoms with Crippen molar-refractivity contribution in [3.8, 4) is 5.75 Å². The highest BCUT2D eigenvalue weighted by atomic mass is 32.2. The van der Waals surface area contributed by atoms with Crippen molar-refractivity contribution in [2.45, 2.75) is 64.9 Å². The van der Waals surface area contributed by atoms with Crippen LogP contribution in [0.5, 0.6) is 5.75 Å². The summed E-state index contributed by atoms with van der Waals surface area (Å²) in [6.07, 6.45) is 0.704. The van der Waals surface area contributed by atoms with Crippen molar-refractivity contribution in [3.63, 3.8) is 0 Å². The van der Waals surface area contributed by atoms with Gasteiger partial charge in [-0.2, -0.15) is 0 Å². The van der Waals surface area contributed by atoms with Gasteiger partial charge in [-0.15, -0.1) is 0 Å². The Morgan fingerprint density at radius 2 is 1.60 bits per heavy atom. The predicted molar refractivity (Wildman–Crippen MR) is 119 cm³/mol. The van der Waals surface area contributed by atoms with Gasteiger partial charge in [-0.1, -0.05) is 19.1 Å². The summed E-state index contributed by atoms with van der Waals surface area (Å²) in [5, 5.41) is 2.95. The lowest BCUT2D eigenvalue weighted by molar-refractivity contribution is -0.123. The summed E-state index contributed by atoms with van der Waals surface area (Å²) in [4.78, 5) is 12.5. The Labute approximate surface area is 180 Å². The summed E-state index contributed by atoms with van der Waals surface area (Å²) in [6.45, 7) is 11.7. The van der Waals surface area contributed by atoms with Crippen LogP contribution in [-0.4, -0.2) is 27.0 Å². The molecule has 2 N–H and O–H groups in total. The van der Waals surface area contributed by atoms with E-state index in [9.17, 15) is 13.2 Å². The van der Waals surface area contributed by atoms with Gasteiger partial charge >= 0.3 is 0 Å². The third kappa shape index (κ3) is 6.31. The fourth-order valence-corrected chi connectivity index (χ4v) is 4.42. The van der Waals surface area contributed by atoms with Crippen molar-refractivity contribution in [2.75, 3.05) is 6.61 Å². The monoisotopic (exact) mass is 432 g/mol. The fraction of sp³-hybridized carbons (Fsp3) is 0.435. The summed E-state index contributed by atoms with van der Waals surface area (Å²) < 4.78 is 32.7. The van der Waals surface area contributed by atoms with Gasteiger partial charge in [0.15, 0.2) is 6.61 Å². The van der Waals surface area contributed by atoms with Crippen LogP contribution >= 0.6 is 0 Å². The molecule has 1 amide bonds. The minimum atomic E-state index is -3.56. The molecule has 0 aromatic heterocycles. The van der Waals surface area contributed by atoms with Crippen molar-refractivity contribution in [2.24, 2.45) is 0 Å². The quantitative estimate of drug-likeness (QED) is 0.628. The van der Waals surface area contributed by atoms with Gasteiger partial charge < -0.3 is 10.1 Å². The summed E-state index contributed by atoms with van der Waals surface area (Å²) in [5.74, 6) is 0.193. The number of carbonyl (C=O) groups excluding carboxylic acids is 1. The van der Waals surface area contributed by atoms with Crippen molar-refractivity contribution in [1.82, 2.24) is 10.0 Å². The zero-order chi connectivity index (χ0) is 22.5. The molecule has 7 heteroatoms.